The van der Waals surface area contributed by atoms with Crippen LogP contribution in [0, 0.1) is 6.92 Å². The van der Waals surface area contributed by atoms with Gasteiger partial charge in [0.15, 0.2) is 0 Å². The first kappa shape index (κ1) is 20.5. The van der Waals surface area contributed by atoms with Gasteiger partial charge >= 0.3 is 0 Å². The molecule has 1 N–H and O–H groups in total. The molecule has 1 aliphatic rings. The van der Waals surface area contributed by atoms with Gasteiger partial charge in [-0.2, -0.15) is 0 Å². The maximum Gasteiger partial charge on any atom is 0.223 e. The molecule has 1 aliphatic heterocycles. The van der Waals surface area contributed by atoms with Crippen LogP contribution in [0.4, 0.5) is 11.6 Å². The molecule has 32 heavy (non-hydrogen) atoms. The van der Waals surface area contributed by atoms with E-state index in [-0.39, 0.29) is 11.9 Å². The van der Waals surface area contributed by atoms with Crippen molar-refractivity contribution in [1.29, 1.82) is 0 Å². The van der Waals surface area contributed by atoms with Crippen molar-refractivity contribution in [2.45, 2.75) is 38.6 Å². The quantitative estimate of drug-likeness (QED) is 0.459. The summed E-state index contributed by atoms with van der Waals surface area (Å²) < 4.78 is 1.16. The maximum atomic E-state index is 13.1. The fraction of sp³-hybridized carbons (Fsp3) is 0.292. The summed E-state index contributed by atoms with van der Waals surface area (Å²) in [5.74, 6) is 1.54. The number of fused-ring (bicyclic) bond motifs is 1. The molecular weight excluding hydrogens is 420 g/mol. The van der Waals surface area contributed by atoms with E-state index in [9.17, 15) is 4.79 Å². The van der Waals surface area contributed by atoms with Crippen LogP contribution >= 0.6 is 11.3 Å². The summed E-state index contributed by atoms with van der Waals surface area (Å²) >= 11 is 1.66. The van der Waals surface area contributed by atoms with Crippen LogP contribution in [0.3, 0.4) is 0 Å². The highest BCUT2D eigenvalue weighted by Crippen LogP contribution is 2.32. The monoisotopic (exact) mass is 444 g/mol. The number of likely N-dealkylation sites (tertiary alicyclic amines) is 1. The van der Waals surface area contributed by atoms with Crippen LogP contribution < -0.4 is 5.32 Å². The van der Waals surface area contributed by atoms with Gasteiger partial charge in [0, 0.05) is 25.6 Å². The van der Waals surface area contributed by atoms with Gasteiger partial charge < -0.3 is 10.2 Å². The number of aromatic nitrogens is 4. The zero-order valence-electron chi connectivity index (χ0n) is 17.9. The number of benzene rings is 1. The molecule has 0 radical (unpaired) electrons. The topological polar surface area (TPSA) is 83.9 Å². The van der Waals surface area contributed by atoms with Crippen LogP contribution in [0.2, 0.25) is 0 Å². The number of carbonyl (C=O) groups is 1. The summed E-state index contributed by atoms with van der Waals surface area (Å²) in [6, 6.07) is 11.9. The van der Waals surface area contributed by atoms with E-state index in [2.05, 4.69) is 26.3 Å². The number of nitrogens with zero attached hydrogens (tertiary/aromatic N) is 5. The zero-order chi connectivity index (χ0) is 21.9. The third kappa shape index (κ3) is 4.31. The Morgan fingerprint density at radius 2 is 2.09 bits per heavy atom. The number of thiazole rings is 1. The summed E-state index contributed by atoms with van der Waals surface area (Å²) in [4.78, 5) is 33.2. The van der Waals surface area contributed by atoms with E-state index in [0.29, 0.717) is 18.7 Å². The Hall–Kier alpha value is -3.39. The predicted octanol–water partition coefficient (Wildman–Crippen LogP) is 4.83. The maximum absolute atomic E-state index is 13.1. The second-order valence-corrected chi connectivity index (χ2v) is 9.06. The second kappa shape index (κ2) is 9.00. The standard InChI is InChI=1S/C24H24N6OS/c1-16-6-4-12-26-24(16)29-21-15-25-14-18(27-21)19-8-5-13-30(19)23(31)11-10-22-28-17-7-2-3-9-20(17)32-22/h2-4,6-7,9,12,14-15,19H,5,8,10-11,13H2,1H3,(H,26,27,29). The van der Waals surface area contributed by atoms with Gasteiger partial charge in [0.05, 0.1) is 39.4 Å². The third-order valence-electron chi connectivity index (χ3n) is 5.71. The lowest BCUT2D eigenvalue weighted by Gasteiger charge is -2.24. The van der Waals surface area contributed by atoms with E-state index in [1.807, 2.05) is 42.2 Å². The Kier molecular flexibility index (Phi) is 5.77. The molecule has 0 aliphatic carbocycles. The highest BCUT2D eigenvalue weighted by molar-refractivity contribution is 7.18. The molecule has 3 aromatic heterocycles. The highest BCUT2D eigenvalue weighted by atomic mass is 32.1. The number of para-hydroxylation sites is 1. The molecule has 8 heteroatoms. The van der Waals surface area contributed by atoms with E-state index in [1.54, 1.807) is 29.9 Å². The number of rotatable bonds is 6. The van der Waals surface area contributed by atoms with E-state index >= 15 is 0 Å². The van der Waals surface area contributed by atoms with Gasteiger partial charge in [-0.05, 0) is 43.5 Å². The average Bonchev–Trinajstić information content (AvgIpc) is 3.46. The molecule has 1 saturated heterocycles. The Morgan fingerprint density at radius 1 is 1.19 bits per heavy atom. The zero-order valence-corrected chi connectivity index (χ0v) is 18.7. The molecule has 4 heterocycles. The molecular formula is C24H24N6OS. The number of anilines is 2. The average molecular weight is 445 g/mol. The number of amides is 1. The fourth-order valence-corrected chi connectivity index (χ4v) is 5.06. The minimum atomic E-state index is -0.0445. The number of aryl methyl sites for hydroxylation is 2. The van der Waals surface area contributed by atoms with Crippen LogP contribution in [0.25, 0.3) is 10.2 Å². The van der Waals surface area contributed by atoms with Gasteiger partial charge in [-0.1, -0.05) is 18.2 Å². The number of hydrogen-bond acceptors (Lipinski definition) is 7. The smallest absolute Gasteiger partial charge is 0.223 e. The Bertz CT molecular complexity index is 1220. The van der Waals surface area contributed by atoms with Crippen LogP contribution in [0.5, 0.6) is 0 Å². The minimum Gasteiger partial charge on any atom is -0.334 e. The molecule has 7 nitrogen and oxygen atoms in total. The van der Waals surface area contributed by atoms with Crippen LogP contribution in [-0.4, -0.2) is 37.3 Å². The summed E-state index contributed by atoms with van der Waals surface area (Å²) in [6.45, 7) is 2.75. The molecule has 5 rings (SSSR count). The molecule has 1 amide bonds. The molecule has 0 saturated carbocycles. The molecule has 4 aromatic rings. The van der Waals surface area contributed by atoms with Crippen molar-refractivity contribution in [3.63, 3.8) is 0 Å². The van der Waals surface area contributed by atoms with Gasteiger partial charge in [-0.25, -0.2) is 15.0 Å². The lowest BCUT2D eigenvalue weighted by Crippen LogP contribution is -2.31. The fourth-order valence-electron chi connectivity index (χ4n) is 4.10. The van der Waals surface area contributed by atoms with Crippen molar-refractivity contribution in [3.8, 4) is 0 Å². The first-order valence-electron chi connectivity index (χ1n) is 10.8. The minimum absolute atomic E-state index is 0.0445. The molecule has 162 valence electrons. The van der Waals surface area contributed by atoms with Gasteiger partial charge in [0.1, 0.15) is 11.6 Å². The van der Waals surface area contributed by atoms with Crippen molar-refractivity contribution in [1.82, 2.24) is 24.8 Å². The second-order valence-electron chi connectivity index (χ2n) is 7.94. The molecule has 1 fully saturated rings. The number of hydrogen-bond donors (Lipinski definition) is 1. The van der Waals surface area contributed by atoms with Gasteiger partial charge in [-0.15, -0.1) is 11.3 Å². The van der Waals surface area contributed by atoms with Crippen molar-refractivity contribution >= 4 is 39.1 Å². The normalized spacial score (nSPS) is 15.9. The first-order chi connectivity index (χ1) is 15.7. The summed E-state index contributed by atoms with van der Waals surface area (Å²) in [5.41, 5.74) is 2.85. The van der Waals surface area contributed by atoms with Gasteiger partial charge in [0.2, 0.25) is 5.91 Å². The Morgan fingerprint density at radius 3 is 2.97 bits per heavy atom. The van der Waals surface area contributed by atoms with Crippen LogP contribution in [0.15, 0.2) is 55.0 Å². The summed E-state index contributed by atoms with van der Waals surface area (Å²) in [5, 5.41) is 4.25. The van der Waals surface area contributed by atoms with Crippen molar-refractivity contribution in [3.05, 3.63) is 71.3 Å². The summed E-state index contributed by atoms with van der Waals surface area (Å²) in [7, 11) is 0. The van der Waals surface area contributed by atoms with E-state index in [0.717, 1.165) is 51.7 Å². The van der Waals surface area contributed by atoms with Crippen molar-refractivity contribution < 1.29 is 4.79 Å². The number of nitrogens with one attached hydrogen (secondary N) is 1. The van der Waals surface area contributed by atoms with E-state index < -0.39 is 0 Å². The lowest BCUT2D eigenvalue weighted by molar-refractivity contribution is -0.132. The lowest BCUT2D eigenvalue weighted by atomic mass is 10.1. The molecule has 0 bridgehead atoms. The van der Waals surface area contributed by atoms with Crippen LogP contribution in [0.1, 0.15) is 41.6 Å². The highest BCUT2D eigenvalue weighted by Gasteiger charge is 2.31. The Balaban J connectivity index is 1.27. The molecule has 1 atom stereocenters. The summed E-state index contributed by atoms with van der Waals surface area (Å²) in [6.07, 6.45) is 8.17. The molecule has 1 unspecified atom stereocenters. The first-order valence-corrected chi connectivity index (χ1v) is 11.6. The van der Waals surface area contributed by atoms with E-state index in [1.165, 1.54) is 0 Å². The number of carbonyl (C=O) groups excluding carboxylic acids is 1. The molecule has 1 aromatic carbocycles. The number of pyridine rings is 1. The predicted molar refractivity (Wildman–Crippen MR) is 126 cm³/mol. The van der Waals surface area contributed by atoms with Crippen molar-refractivity contribution in [2.75, 3.05) is 11.9 Å². The molecule has 0 spiro atoms. The van der Waals surface area contributed by atoms with Crippen molar-refractivity contribution in [2.24, 2.45) is 0 Å². The largest absolute Gasteiger partial charge is 0.334 e. The Labute approximate surface area is 190 Å². The van der Waals surface area contributed by atoms with E-state index in [4.69, 9.17) is 4.98 Å². The third-order valence-corrected chi connectivity index (χ3v) is 6.81. The SMILES string of the molecule is Cc1cccnc1Nc1cncc(C2CCCN2C(=O)CCc2nc3ccccc3s2)n1. The van der Waals surface area contributed by atoms with Crippen LogP contribution in [-0.2, 0) is 11.2 Å². The van der Waals surface area contributed by atoms with Gasteiger partial charge in [0.25, 0.3) is 0 Å². The van der Waals surface area contributed by atoms with Gasteiger partial charge in [-0.3, -0.25) is 9.78 Å².